The van der Waals surface area contributed by atoms with Crippen molar-refractivity contribution in [2.75, 3.05) is 50.7 Å². The van der Waals surface area contributed by atoms with Gasteiger partial charge in [0.1, 0.15) is 5.82 Å². The lowest BCUT2D eigenvalue weighted by molar-refractivity contribution is 0.0756. The number of amides is 1. The molecule has 4 heterocycles. The average molecular weight is 491 g/mol. The topological polar surface area (TPSA) is 39.7 Å². The predicted molar refractivity (Wildman–Crippen MR) is 138 cm³/mol. The maximum absolute atomic E-state index is 12.9. The average Bonchev–Trinajstić information content (AvgIpc) is 3.35. The molecule has 0 aliphatic carbocycles. The normalized spacial score (nSPS) is 17.3. The smallest absolute Gasteiger partial charge is 0.254 e. The molecule has 172 valence electrons. The molecule has 1 saturated heterocycles. The van der Waals surface area contributed by atoms with Gasteiger partial charge in [-0.3, -0.25) is 9.69 Å². The summed E-state index contributed by atoms with van der Waals surface area (Å²) >= 11 is 3.39. The first kappa shape index (κ1) is 23.5. The van der Waals surface area contributed by atoms with Crippen LogP contribution in [0.5, 0.6) is 0 Å². The molecular formula is C24H31ClN4OS2. The molecule has 0 spiro atoms. The van der Waals surface area contributed by atoms with Gasteiger partial charge in [0.05, 0.1) is 10.3 Å². The van der Waals surface area contributed by atoms with E-state index in [2.05, 4.69) is 52.0 Å². The summed E-state index contributed by atoms with van der Waals surface area (Å²) in [6.07, 6.45) is 4.38. The summed E-state index contributed by atoms with van der Waals surface area (Å²) < 4.78 is 5.99. The van der Waals surface area contributed by atoms with E-state index in [1.807, 2.05) is 0 Å². The first-order valence-electron chi connectivity index (χ1n) is 11.4. The number of unbranched alkanes of at least 4 members (excludes halogenated alkanes) is 1. The van der Waals surface area contributed by atoms with Crippen LogP contribution in [0.3, 0.4) is 0 Å². The maximum atomic E-state index is 12.9. The first-order valence-corrected chi connectivity index (χ1v) is 13.0. The highest BCUT2D eigenvalue weighted by Crippen LogP contribution is 2.30. The van der Waals surface area contributed by atoms with E-state index in [4.69, 9.17) is 4.37 Å². The Bertz CT molecular complexity index is 1060. The molecule has 3 aromatic rings. The zero-order chi connectivity index (χ0) is 21.2. The largest absolute Gasteiger partial charge is 0.353 e. The second kappa shape index (κ2) is 10.5. The minimum atomic E-state index is 0. The summed E-state index contributed by atoms with van der Waals surface area (Å²) in [5.41, 5.74) is 0.964. The monoisotopic (exact) mass is 490 g/mol. The number of anilines is 1. The molecule has 1 fully saturated rings. The van der Waals surface area contributed by atoms with Gasteiger partial charge in [-0.15, -0.1) is 23.7 Å². The molecule has 32 heavy (non-hydrogen) atoms. The van der Waals surface area contributed by atoms with Crippen LogP contribution in [0, 0.1) is 6.92 Å². The lowest BCUT2D eigenvalue weighted by atomic mass is 10.2. The fourth-order valence-corrected chi connectivity index (χ4v) is 6.63. The molecule has 8 heteroatoms. The minimum absolute atomic E-state index is 0. The second-order valence-corrected chi connectivity index (χ2v) is 10.8. The lowest BCUT2D eigenvalue weighted by Gasteiger charge is -2.35. The quantitative estimate of drug-likeness (QED) is 0.452. The molecule has 5 rings (SSSR count). The Morgan fingerprint density at radius 3 is 2.66 bits per heavy atom. The van der Waals surface area contributed by atoms with Crippen LogP contribution >= 0.6 is 35.3 Å². The van der Waals surface area contributed by atoms with Crippen molar-refractivity contribution in [2.45, 2.75) is 32.6 Å². The van der Waals surface area contributed by atoms with Gasteiger partial charge in [-0.2, -0.15) is 4.37 Å². The van der Waals surface area contributed by atoms with Crippen molar-refractivity contribution in [3.8, 4) is 0 Å². The van der Waals surface area contributed by atoms with E-state index in [9.17, 15) is 4.79 Å². The Balaban J connectivity index is 0.00000245. The van der Waals surface area contributed by atoms with Gasteiger partial charge in [0.25, 0.3) is 5.91 Å². The molecule has 1 aromatic carbocycles. The Morgan fingerprint density at radius 1 is 1.03 bits per heavy atom. The number of piperazine rings is 1. The number of aryl methyl sites for hydroxylation is 2. The van der Waals surface area contributed by atoms with Gasteiger partial charge in [-0.05, 0) is 68.9 Å². The number of hydrogen-bond acceptors (Lipinski definition) is 6. The molecule has 0 bridgehead atoms. The summed E-state index contributed by atoms with van der Waals surface area (Å²) in [7, 11) is 0. The molecule has 0 atom stereocenters. The van der Waals surface area contributed by atoms with Crippen LogP contribution in [0.15, 0.2) is 30.3 Å². The van der Waals surface area contributed by atoms with Gasteiger partial charge in [0, 0.05) is 54.4 Å². The zero-order valence-corrected chi connectivity index (χ0v) is 21.0. The summed E-state index contributed by atoms with van der Waals surface area (Å²) in [4.78, 5) is 22.5. The molecule has 0 saturated carbocycles. The van der Waals surface area contributed by atoms with Gasteiger partial charge < -0.3 is 9.80 Å². The number of aromatic nitrogens is 1. The highest BCUT2D eigenvalue weighted by atomic mass is 35.5. The first-order chi connectivity index (χ1) is 15.2. The lowest BCUT2D eigenvalue weighted by Crippen LogP contribution is -2.46. The molecule has 2 aliphatic heterocycles. The Kier molecular flexibility index (Phi) is 7.71. The molecule has 2 aliphatic rings. The predicted octanol–water partition coefficient (Wildman–Crippen LogP) is 5.08. The summed E-state index contributed by atoms with van der Waals surface area (Å²) in [6, 6.07) is 10.6. The van der Waals surface area contributed by atoms with Crippen LogP contribution in [0.25, 0.3) is 10.1 Å². The Hall–Kier alpha value is -1.67. The third kappa shape index (κ3) is 4.96. The van der Waals surface area contributed by atoms with E-state index in [1.165, 1.54) is 19.8 Å². The molecule has 0 unspecified atom stereocenters. The van der Waals surface area contributed by atoms with Gasteiger partial charge in [-0.25, -0.2) is 0 Å². The Morgan fingerprint density at radius 2 is 1.81 bits per heavy atom. The highest BCUT2D eigenvalue weighted by molar-refractivity contribution is 7.13. The van der Waals surface area contributed by atoms with Crippen molar-refractivity contribution < 1.29 is 4.79 Å². The van der Waals surface area contributed by atoms with E-state index >= 15 is 0 Å². The standard InChI is InChI=1S/C24H30N4OS2.ClH/c1-18-17-20-21(30-18)9-6-12-28(24(20)29)11-5-4-10-26-13-15-27(16-14-26)23-19-7-2-3-8-22(19)31-25-23;/h2-3,7-8,17H,4-6,9-16H2,1H3;1H. The van der Waals surface area contributed by atoms with Crippen molar-refractivity contribution >= 4 is 57.1 Å². The maximum Gasteiger partial charge on any atom is 0.254 e. The molecule has 2 aromatic heterocycles. The number of halogens is 1. The molecule has 0 N–H and O–H groups in total. The summed E-state index contributed by atoms with van der Waals surface area (Å²) in [5.74, 6) is 1.41. The van der Waals surface area contributed by atoms with Crippen molar-refractivity contribution in [1.29, 1.82) is 0 Å². The fraction of sp³-hybridized carbons (Fsp3) is 0.500. The SMILES string of the molecule is Cc1cc2c(s1)CCCN(CCCCN1CCN(c3nsc4ccccc34)CC1)C2=O.Cl. The minimum Gasteiger partial charge on any atom is -0.353 e. The number of hydrogen-bond donors (Lipinski definition) is 0. The van der Waals surface area contributed by atoms with E-state index in [1.54, 1.807) is 22.9 Å². The van der Waals surface area contributed by atoms with E-state index in [-0.39, 0.29) is 18.3 Å². The fourth-order valence-electron chi connectivity index (χ4n) is 4.77. The molecule has 0 radical (unpaired) electrons. The van der Waals surface area contributed by atoms with E-state index in [0.717, 1.165) is 82.9 Å². The number of fused-ring (bicyclic) bond motifs is 2. The van der Waals surface area contributed by atoms with Crippen molar-refractivity contribution in [1.82, 2.24) is 14.2 Å². The van der Waals surface area contributed by atoms with Crippen LogP contribution in [0.4, 0.5) is 5.82 Å². The van der Waals surface area contributed by atoms with Crippen LogP contribution in [-0.2, 0) is 6.42 Å². The Labute approximate surface area is 204 Å². The van der Waals surface area contributed by atoms with Gasteiger partial charge >= 0.3 is 0 Å². The second-order valence-electron chi connectivity index (χ2n) is 8.63. The van der Waals surface area contributed by atoms with Crippen LogP contribution in [0.2, 0.25) is 0 Å². The van der Waals surface area contributed by atoms with Gasteiger partial charge in [-0.1, -0.05) is 12.1 Å². The number of nitrogens with zero attached hydrogens (tertiary/aromatic N) is 4. The molecular weight excluding hydrogens is 460 g/mol. The number of rotatable bonds is 6. The molecule has 1 amide bonds. The van der Waals surface area contributed by atoms with Crippen molar-refractivity contribution in [3.05, 3.63) is 45.6 Å². The third-order valence-corrected chi connectivity index (χ3v) is 8.39. The van der Waals surface area contributed by atoms with Crippen LogP contribution < -0.4 is 4.90 Å². The number of carbonyl (C=O) groups excluding carboxylic acids is 1. The summed E-state index contributed by atoms with van der Waals surface area (Å²) in [6.45, 7) is 9.27. The molecule has 5 nitrogen and oxygen atoms in total. The van der Waals surface area contributed by atoms with Crippen LogP contribution in [0.1, 0.15) is 39.4 Å². The highest BCUT2D eigenvalue weighted by Gasteiger charge is 2.24. The zero-order valence-electron chi connectivity index (χ0n) is 18.6. The van der Waals surface area contributed by atoms with Crippen molar-refractivity contribution in [3.63, 3.8) is 0 Å². The number of carbonyl (C=O) groups is 1. The van der Waals surface area contributed by atoms with Gasteiger partial charge in [0.15, 0.2) is 0 Å². The van der Waals surface area contributed by atoms with Gasteiger partial charge in [0.2, 0.25) is 0 Å². The van der Waals surface area contributed by atoms with Crippen molar-refractivity contribution in [2.24, 2.45) is 0 Å². The number of thiophene rings is 1. The van der Waals surface area contributed by atoms with E-state index < -0.39 is 0 Å². The summed E-state index contributed by atoms with van der Waals surface area (Å²) in [5, 5.41) is 1.28. The van der Waals surface area contributed by atoms with Crippen LogP contribution in [-0.4, -0.2) is 65.9 Å². The van der Waals surface area contributed by atoms with E-state index in [0.29, 0.717) is 0 Å². The third-order valence-electron chi connectivity index (χ3n) is 6.46. The number of benzene rings is 1.